The molecule has 4 heteroatoms. The Kier molecular flexibility index (Phi) is 4.40. The van der Waals surface area contributed by atoms with Crippen molar-refractivity contribution in [3.8, 4) is 0 Å². The van der Waals surface area contributed by atoms with Gasteiger partial charge in [0.1, 0.15) is 11.6 Å². The lowest BCUT2D eigenvalue weighted by Crippen LogP contribution is -2.31. The van der Waals surface area contributed by atoms with E-state index in [0.29, 0.717) is 5.56 Å². The second-order valence-electron chi connectivity index (χ2n) is 6.14. The van der Waals surface area contributed by atoms with Gasteiger partial charge in [-0.1, -0.05) is 45.0 Å². The van der Waals surface area contributed by atoms with E-state index < -0.39 is 17.7 Å². The quantitative estimate of drug-likeness (QED) is 0.666. The molecule has 2 aromatic carbocycles. The van der Waals surface area contributed by atoms with Gasteiger partial charge in [0.2, 0.25) is 0 Å². The highest BCUT2D eigenvalue weighted by Crippen LogP contribution is 2.32. The third-order valence-corrected chi connectivity index (χ3v) is 3.46. The zero-order valence-electron chi connectivity index (χ0n) is 12.5. The molecule has 0 aliphatic heterocycles. The van der Waals surface area contributed by atoms with Crippen LogP contribution in [0.25, 0.3) is 0 Å². The van der Waals surface area contributed by atoms with Crippen molar-refractivity contribution in [3.63, 3.8) is 0 Å². The first-order valence-electron chi connectivity index (χ1n) is 6.84. The summed E-state index contributed by atoms with van der Waals surface area (Å²) >= 11 is 0. The number of hydrogen-bond acceptors (Lipinski definition) is 2. The summed E-state index contributed by atoms with van der Waals surface area (Å²) in [5, 5.41) is 0. The monoisotopic (exact) mass is 290 g/mol. The van der Waals surface area contributed by atoms with E-state index in [1.807, 2.05) is 24.3 Å². The Morgan fingerprint density at radius 3 is 2.10 bits per heavy atom. The first-order valence-corrected chi connectivity index (χ1v) is 6.84. The minimum absolute atomic E-state index is 0.0996. The molecule has 0 aromatic heterocycles. The topological polar surface area (TPSA) is 38.0 Å². The van der Waals surface area contributed by atoms with Gasteiger partial charge in [0.25, 0.3) is 0 Å². The van der Waals surface area contributed by atoms with Crippen LogP contribution in [0.2, 0.25) is 0 Å². The Balaban J connectivity index is 2.57. The lowest BCUT2D eigenvalue weighted by atomic mass is 9.80. The van der Waals surface area contributed by atoms with E-state index in [-0.39, 0.29) is 5.41 Å². The molecule has 0 saturated carbocycles. The Morgan fingerprint density at radius 2 is 1.57 bits per heavy atom. The average Bonchev–Trinajstić information content (AvgIpc) is 2.38. The van der Waals surface area contributed by atoms with E-state index in [0.717, 1.165) is 17.2 Å². The van der Waals surface area contributed by atoms with Crippen LogP contribution in [-0.4, -0.2) is 0 Å². The van der Waals surface area contributed by atoms with Gasteiger partial charge in [-0.05, 0) is 34.2 Å². The fourth-order valence-electron chi connectivity index (χ4n) is 2.54. The molecular formula is C17H20F2N2. The third-order valence-electron chi connectivity index (χ3n) is 3.46. The average molecular weight is 290 g/mol. The van der Waals surface area contributed by atoms with Crippen LogP contribution >= 0.6 is 0 Å². The third kappa shape index (κ3) is 3.46. The molecule has 0 amide bonds. The second-order valence-corrected chi connectivity index (χ2v) is 6.14. The highest BCUT2D eigenvalue weighted by Gasteiger charge is 2.23. The van der Waals surface area contributed by atoms with Gasteiger partial charge in [-0.25, -0.2) is 14.2 Å². The van der Waals surface area contributed by atoms with E-state index in [2.05, 4.69) is 26.2 Å². The molecular weight excluding hydrogens is 270 g/mol. The number of nitrogens with two attached hydrogens (primary N) is 1. The molecule has 0 radical (unpaired) electrons. The SMILES string of the molecule is CC(C)(C)c1ccccc1C(NN)c1cc(F)cc(F)c1. The van der Waals surface area contributed by atoms with Gasteiger partial charge in [0, 0.05) is 6.07 Å². The van der Waals surface area contributed by atoms with Crippen molar-refractivity contribution in [2.24, 2.45) is 5.84 Å². The minimum atomic E-state index is -0.613. The summed E-state index contributed by atoms with van der Waals surface area (Å²) in [6.07, 6.45) is 0. The lowest BCUT2D eigenvalue weighted by Gasteiger charge is -2.27. The molecule has 0 spiro atoms. The van der Waals surface area contributed by atoms with Gasteiger partial charge in [0.15, 0.2) is 0 Å². The van der Waals surface area contributed by atoms with Crippen molar-refractivity contribution in [1.29, 1.82) is 0 Å². The predicted octanol–water partition coefficient (Wildman–Crippen LogP) is 3.82. The normalized spacial score (nSPS) is 13.2. The van der Waals surface area contributed by atoms with Crippen LogP contribution in [0, 0.1) is 11.6 Å². The maximum atomic E-state index is 13.5. The standard InChI is InChI=1S/C17H20F2N2/c1-17(2,3)15-7-5-4-6-14(15)16(21-20)11-8-12(18)10-13(19)9-11/h4-10,16,21H,20H2,1-3H3. The predicted molar refractivity (Wildman–Crippen MR) is 80.7 cm³/mol. The second kappa shape index (κ2) is 5.92. The van der Waals surface area contributed by atoms with Gasteiger partial charge in [-0.2, -0.15) is 0 Å². The molecule has 0 fully saturated rings. The van der Waals surface area contributed by atoms with Crippen LogP contribution in [0.3, 0.4) is 0 Å². The molecule has 0 heterocycles. The number of hydrogen-bond donors (Lipinski definition) is 2. The first-order chi connectivity index (χ1) is 9.82. The summed E-state index contributed by atoms with van der Waals surface area (Å²) in [4.78, 5) is 0. The molecule has 1 atom stereocenters. The van der Waals surface area contributed by atoms with Crippen LogP contribution in [0.1, 0.15) is 43.5 Å². The molecule has 0 saturated heterocycles. The van der Waals surface area contributed by atoms with E-state index in [1.54, 1.807) is 0 Å². The van der Waals surface area contributed by atoms with Crippen LogP contribution in [0.4, 0.5) is 8.78 Å². The smallest absolute Gasteiger partial charge is 0.126 e. The summed E-state index contributed by atoms with van der Waals surface area (Å²) in [5.41, 5.74) is 5.03. The molecule has 2 aromatic rings. The zero-order valence-corrected chi connectivity index (χ0v) is 12.5. The maximum Gasteiger partial charge on any atom is 0.126 e. The van der Waals surface area contributed by atoms with Crippen LogP contribution in [0.5, 0.6) is 0 Å². The molecule has 0 bridgehead atoms. The van der Waals surface area contributed by atoms with Crippen LogP contribution in [-0.2, 0) is 5.41 Å². The fraction of sp³-hybridized carbons (Fsp3) is 0.294. The highest BCUT2D eigenvalue weighted by atomic mass is 19.1. The van der Waals surface area contributed by atoms with Crippen molar-refractivity contribution in [3.05, 3.63) is 70.8 Å². The fourth-order valence-corrected chi connectivity index (χ4v) is 2.54. The van der Waals surface area contributed by atoms with E-state index in [9.17, 15) is 8.78 Å². The van der Waals surface area contributed by atoms with Crippen molar-refractivity contribution >= 4 is 0 Å². The molecule has 3 N–H and O–H groups in total. The Bertz CT molecular complexity index is 613. The summed E-state index contributed by atoms with van der Waals surface area (Å²) in [6.45, 7) is 6.27. The zero-order chi connectivity index (χ0) is 15.6. The number of hydrazine groups is 1. The summed E-state index contributed by atoms with van der Waals surface area (Å²) < 4.78 is 26.9. The molecule has 0 aliphatic carbocycles. The van der Waals surface area contributed by atoms with Gasteiger partial charge in [0.05, 0.1) is 6.04 Å². The molecule has 112 valence electrons. The largest absolute Gasteiger partial charge is 0.271 e. The Hall–Kier alpha value is -1.78. The van der Waals surface area contributed by atoms with Gasteiger partial charge < -0.3 is 0 Å². The Labute approximate surface area is 124 Å². The maximum absolute atomic E-state index is 13.5. The number of halogens is 2. The van der Waals surface area contributed by atoms with E-state index in [1.165, 1.54) is 12.1 Å². The molecule has 2 rings (SSSR count). The number of nitrogens with one attached hydrogen (secondary N) is 1. The van der Waals surface area contributed by atoms with Crippen LogP contribution in [0.15, 0.2) is 42.5 Å². The summed E-state index contributed by atoms with van der Waals surface area (Å²) in [6, 6.07) is 10.8. The first kappa shape index (κ1) is 15.6. The Morgan fingerprint density at radius 1 is 1.00 bits per heavy atom. The minimum Gasteiger partial charge on any atom is -0.271 e. The van der Waals surface area contributed by atoms with Gasteiger partial charge >= 0.3 is 0 Å². The van der Waals surface area contributed by atoms with E-state index >= 15 is 0 Å². The number of benzene rings is 2. The van der Waals surface area contributed by atoms with Crippen molar-refractivity contribution < 1.29 is 8.78 Å². The summed E-state index contributed by atoms with van der Waals surface area (Å²) in [5.74, 6) is 4.43. The molecule has 2 nitrogen and oxygen atoms in total. The van der Waals surface area contributed by atoms with Crippen molar-refractivity contribution in [2.75, 3.05) is 0 Å². The van der Waals surface area contributed by atoms with Crippen molar-refractivity contribution in [2.45, 2.75) is 32.2 Å². The highest BCUT2D eigenvalue weighted by molar-refractivity contribution is 5.40. The summed E-state index contributed by atoms with van der Waals surface area (Å²) in [7, 11) is 0. The molecule has 1 unspecified atom stereocenters. The lowest BCUT2D eigenvalue weighted by molar-refractivity contribution is 0.546. The molecule has 21 heavy (non-hydrogen) atoms. The van der Waals surface area contributed by atoms with Crippen LogP contribution < -0.4 is 11.3 Å². The van der Waals surface area contributed by atoms with E-state index in [4.69, 9.17) is 5.84 Å². The number of rotatable bonds is 3. The van der Waals surface area contributed by atoms with Gasteiger partial charge in [-0.15, -0.1) is 0 Å². The molecule has 0 aliphatic rings. The van der Waals surface area contributed by atoms with Gasteiger partial charge in [-0.3, -0.25) is 5.84 Å². The van der Waals surface area contributed by atoms with Crippen molar-refractivity contribution in [1.82, 2.24) is 5.43 Å².